The number of hydrogen-bond acceptors (Lipinski definition) is 3. The predicted octanol–water partition coefficient (Wildman–Crippen LogP) is 3.03. The van der Waals surface area contributed by atoms with Crippen LogP contribution in [0, 0.1) is 5.92 Å². The van der Waals surface area contributed by atoms with Gasteiger partial charge >= 0.3 is 0 Å². The standard InChI is InChI=1S/C25H29N3O3/c1-31-12-11-26-16-19(21-5-2-3-6-23(21)26)9-10-24(29)27-14-18-13-20(17-27)22-7-4-8-25(30)28(22)15-18/h2-8,16,18,20H,9-15,17H2,1H3. The summed E-state index contributed by atoms with van der Waals surface area (Å²) in [4.78, 5) is 27.4. The summed E-state index contributed by atoms with van der Waals surface area (Å²) in [5, 5.41) is 1.22. The second-order valence-corrected chi connectivity index (χ2v) is 8.85. The monoisotopic (exact) mass is 419 g/mol. The Hall–Kier alpha value is -2.86. The number of amides is 1. The lowest BCUT2D eigenvalue weighted by Gasteiger charge is -2.42. The van der Waals surface area contributed by atoms with Crippen molar-refractivity contribution in [2.75, 3.05) is 26.8 Å². The van der Waals surface area contributed by atoms with Crippen molar-refractivity contribution in [3.05, 3.63) is 70.3 Å². The zero-order chi connectivity index (χ0) is 21.4. The summed E-state index contributed by atoms with van der Waals surface area (Å²) in [6, 6.07) is 13.9. The largest absolute Gasteiger partial charge is 0.383 e. The highest BCUT2D eigenvalue weighted by molar-refractivity contribution is 5.85. The molecule has 6 nitrogen and oxygen atoms in total. The molecule has 1 saturated heterocycles. The van der Waals surface area contributed by atoms with Gasteiger partial charge in [0.05, 0.1) is 6.61 Å². The van der Waals surface area contributed by atoms with Crippen LogP contribution in [0.4, 0.5) is 0 Å². The Kier molecular flexibility index (Phi) is 5.40. The van der Waals surface area contributed by atoms with Crippen LogP contribution in [-0.4, -0.2) is 46.7 Å². The summed E-state index contributed by atoms with van der Waals surface area (Å²) in [5.74, 6) is 0.850. The number of pyridine rings is 1. The predicted molar refractivity (Wildman–Crippen MR) is 120 cm³/mol. The third kappa shape index (κ3) is 3.81. The minimum absolute atomic E-state index is 0.0804. The second kappa shape index (κ2) is 8.35. The molecule has 31 heavy (non-hydrogen) atoms. The van der Waals surface area contributed by atoms with E-state index in [0.29, 0.717) is 25.5 Å². The van der Waals surface area contributed by atoms with Crippen molar-refractivity contribution in [2.24, 2.45) is 5.92 Å². The van der Waals surface area contributed by atoms with Crippen molar-refractivity contribution in [3.8, 4) is 0 Å². The van der Waals surface area contributed by atoms with Crippen LogP contribution in [0.3, 0.4) is 0 Å². The Morgan fingerprint density at radius 2 is 1.97 bits per heavy atom. The quantitative estimate of drug-likeness (QED) is 0.617. The highest BCUT2D eigenvalue weighted by atomic mass is 16.5. The molecule has 6 heteroatoms. The van der Waals surface area contributed by atoms with Crippen LogP contribution in [0.5, 0.6) is 0 Å². The summed E-state index contributed by atoms with van der Waals surface area (Å²) < 4.78 is 9.38. The number of methoxy groups -OCH3 is 1. The number of aryl methyl sites for hydroxylation is 1. The van der Waals surface area contributed by atoms with Crippen LogP contribution in [0.1, 0.15) is 30.0 Å². The normalized spacial score (nSPS) is 20.1. The van der Waals surface area contributed by atoms with Crippen molar-refractivity contribution in [1.82, 2.24) is 14.0 Å². The molecule has 3 aromatic rings. The van der Waals surface area contributed by atoms with E-state index in [0.717, 1.165) is 38.2 Å². The number of aromatic nitrogens is 2. The second-order valence-electron chi connectivity index (χ2n) is 8.85. The minimum atomic E-state index is 0.0804. The van der Waals surface area contributed by atoms with Gasteiger partial charge in [-0.1, -0.05) is 24.3 Å². The van der Waals surface area contributed by atoms with E-state index >= 15 is 0 Å². The van der Waals surface area contributed by atoms with E-state index in [-0.39, 0.29) is 17.4 Å². The number of nitrogens with zero attached hydrogens (tertiary/aromatic N) is 3. The average Bonchev–Trinajstić information content (AvgIpc) is 3.14. The number of hydrogen-bond donors (Lipinski definition) is 0. The van der Waals surface area contributed by atoms with Gasteiger partial charge in [0.2, 0.25) is 5.91 Å². The maximum Gasteiger partial charge on any atom is 0.250 e. The third-order valence-corrected chi connectivity index (χ3v) is 6.85. The van der Waals surface area contributed by atoms with Crippen LogP contribution in [0.2, 0.25) is 0 Å². The number of piperidine rings is 1. The smallest absolute Gasteiger partial charge is 0.250 e. The Labute approximate surface area is 182 Å². The summed E-state index contributed by atoms with van der Waals surface area (Å²) in [6.07, 6.45) is 4.49. The number of fused-ring (bicyclic) bond motifs is 5. The van der Waals surface area contributed by atoms with Gasteiger partial charge in [-0.25, -0.2) is 0 Å². The molecule has 0 radical (unpaired) electrons. The number of ether oxygens (including phenoxy) is 1. The van der Waals surface area contributed by atoms with Crippen molar-refractivity contribution in [1.29, 1.82) is 0 Å². The first kappa shape index (κ1) is 20.1. The van der Waals surface area contributed by atoms with E-state index in [2.05, 4.69) is 35.0 Å². The van der Waals surface area contributed by atoms with Crippen LogP contribution in [0.25, 0.3) is 10.9 Å². The first-order chi connectivity index (χ1) is 15.1. The molecular formula is C25H29N3O3. The minimum Gasteiger partial charge on any atom is -0.383 e. The molecule has 0 aliphatic carbocycles. The molecule has 2 aromatic heterocycles. The molecule has 1 aromatic carbocycles. The summed E-state index contributed by atoms with van der Waals surface area (Å²) in [6.45, 7) is 3.67. The lowest BCUT2D eigenvalue weighted by molar-refractivity contribution is -0.133. The first-order valence-electron chi connectivity index (χ1n) is 11.2. The first-order valence-corrected chi connectivity index (χ1v) is 11.2. The van der Waals surface area contributed by atoms with Gasteiger partial charge in [-0.3, -0.25) is 9.59 Å². The Morgan fingerprint density at radius 3 is 2.84 bits per heavy atom. The van der Waals surface area contributed by atoms with Gasteiger partial charge in [-0.05, 0) is 36.5 Å². The van der Waals surface area contributed by atoms with E-state index in [1.54, 1.807) is 13.2 Å². The Balaban J connectivity index is 1.29. The van der Waals surface area contributed by atoms with Crippen molar-refractivity contribution < 1.29 is 9.53 Å². The molecule has 1 fully saturated rings. The fourth-order valence-electron chi connectivity index (χ4n) is 5.40. The number of rotatable bonds is 6. The highest BCUT2D eigenvalue weighted by Crippen LogP contribution is 2.35. The average molecular weight is 420 g/mol. The van der Waals surface area contributed by atoms with Gasteiger partial charge in [0.25, 0.3) is 5.56 Å². The fraction of sp³-hybridized carbons (Fsp3) is 0.440. The molecule has 1 amide bonds. The van der Waals surface area contributed by atoms with Crippen molar-refractivity contribution in [2.45, 2.75) is 38.3 Å². The van der Waals surface area contributed by atoms with Gasteiger partial charge in [0.15, 0.2) is 0 Å². The zero-order valence-corrected chi connectivity index (χ0v) is 18.0. The molecule has 0 N–H and O–H groups in total. The van der Waals surface area contributed by atoms with E-state index in [1.807, 2.05) is 21.6 Å². The molecule has 2 aliphatic rings. The van der Waals surface area contributed by atoms with Crippen molar-refractivity contribution in [3.63, 3.8) is 0 Å². The van der Waals surface area contributed by atoms with Gasteiger partial charge in [0, 0.05) is 74.5 Å². The Bertz CT molecular complexity index is 1160. The summed E-state index contributed by atoms with van der Waals surface area (Å²) >= 11 is 0. The van der Waals surface area contributed by atoms with Crippen LogP contribution >= 0.6 is 0 Å². The molecule has 2 unspecified atom stereocenters. The van der Waals surface area contributed by atoms with Crippen molar-refractivity contribution >= 4 is 16.8 Å². The molecule has 162 valence electrons. The molecule has 2 aliphatic heterocycles. The van der Waals surface area contributed by atoms with Crippen LogP contribution in [-0.2, 0) is 29.0 Å². The van der Waals surface area contributed by atoms with Gasteiger partial charge in [0.1, 0.15) is 0 Å². The molecule has 2 atom stereocenters. The maximum atomic E-state index is 13.1. The van der Waals surface area contributed by atoms with E-state index < -0.39 is 0 Å². The molecule has 0 spiro atoms. The molecule has 4 heterocycles. The van der Waals surface area contributed by atoms with Gasteiger partial charge in [-0.2, -0.15) is 0 Å². The Morgan fingerprint density at radius 1 is 1.10 bits per heavy atom. The molecular weight excluding hydrogens is 390 g/mol. The van der Waals surface area contributed by atoms with Gasteiger partial charge < -0.3 is 18.8 Å². The van der Waals surface area contributed by atoms with Crippen LogP contribution in [0.15, 0.2) is 53.5 Å². The van der Waals surface area contributed by atoms with Gasteiger partial charge in [-0.15, -0.1) is 0 Å². The number of benzene rings is 1. The number of likely N-dealkylation sites (tertiary alicyclic amines) is 1. The summed E-state index contributed by atoms with van der Waals surface area (Å²) in [7, 11) is 1.72. The molecule has 5 rings (SSSR count). The topological polar surface area (TPSA) is 56.5 Å². The van der Waals surface area contributed by atoms with E-state index in [4.69, 9.17) is 4.74 Å². The number of carbonyl (C=O) groups is 1. The lowest BCUT2D eigenvalue weighted by Crippen LogP contribution is -2.49. The highest BCUT2D eigenvalue weighted by Gasteiger charge is 2.36. The fourth-order valence-corrected chi connectivity index (χ4v) is 5.40. The molecule has 0 saturated carbocycles. The SMILES string of the molecule is COCCn1cc(CCC(=O)N2CC3CC(C2)c2cccc(=O)n2C3)c2ccccc21. The maximum absolute atomic E-state index is 13.1. The summed E-state index contributed by atoms with van der Waals surface area (Å²) in [5.41, 5.74) is 3.57. The van der Waals surface area contributed by atoms with E-state index in [1.165, 1.54) is 16.5 Å². The van der Waals surface area contributed by atoms with Crippen LogP contribution < -0.4 is 5.56 Å². The third-order valence-electron chi connectivity index (χ3n) is 6.85. The number of carbonyl (C=O) groups excluding carboxylic acids is 1. The number of para-hydroxylation sites is 1. The van der Waals surface area contributed by atoms with E-state index in [9.17, 15) is 9.59 Å². The lowest BCUT2D eigenvalue weighted by atomic mass is 9.83. The zero-order valence-electron chi connectivity index (χ0n) is 18.0. The molecule has 2 bridgehead atoms.